The number of fused-ring (bicyclic) bond motifs is 4. The van der Waals surface area contributed by atoms with Crippen molar-refractivity contribution in [3.8, 4) is 34.5 Å². The number of carbonyl (C=O) groups excluding carboxylic acids is 2. The standard InChI is InChI=1S/C24H25N3O7.C14H17NO5.C10H9ClN2O2/c1-13(28)33-20-10-31-23-21(11-32-22(20)23)34-15-6-4-14(5-7-15)27-24-16-8-18(29-2)19(30-3)9-17(16)25-12-26-24;1-8(16)19-11-6-17-14-12(7-18-13(11)14)20-10-4-2-9(15)3-5-10;1-14-8-3-6-7(4-9(8)15-2)12-5-13-10(6)11/h4-9,12,20-23H,10-11H2,1-3H3,(H,25,26,27);2-5,11-14H,6-7,15H2,1H3;3-5H,1-2H3/t20-,21?,22+,23+;11-,12?,13+,14+;/m00./s1. The molecule has 4 fully saturated rings. The maximum absolute atomic E-state index is 11.3. The zero-order valence-electron chi connectivity index (χ0n) is 38.5. The third-order valence-corrected chi connectivity index (χ3v) is 11.7. The van der Waals surface area contributed by atoms with E-state index in [4.69, 9.17) is 74.2 Å². The zero-order chi connectivity index (χ0) is 48.6. The summed E-state index contributed by atoms with van der Waals surface area (Å²) in [6.07, 6.45) is 0.627. The van der Waals surface area contributed by atoms with Crippen molar-refractivity contribution in [2.75, 3.05) is 65.9 Å². The van der Waals surface area contributed by atoms with Gasteiger partial charge in [-0.3, -0.25) is 9.59 Å². The van der Waals surface area contributed by atoms with Crippen molar-refractivity contribution in [2.45, 2.75) is 62.7 Å². The number of nitrogens with zero attached hydrogens (tertiary/aromatic N) is 4. The van der Waals surface area contributed by atoms with E-state index in [0.717, 1.165) is 27.5 Å². The molecule has 2 aromatic heterocycles. The van der Waals surface area contributed by atoms with Crippen LogP contribution in [0.3, 0.4) is 0 Å². The number of nitrogens with two attached hydrogens (primary N) is 1. The topological polar surface area (TPSA) is 235 Å². The van der Waals surface area contributed by atoms with E-state index in [1.54, 1.807) is 64.8 Å². The van der Waals surface area contributed by atoms with Crippen LogP contribution in [0.25, 0.3) is 21.8 Å². The number of carbonyl (C=O) groups is 2. The summed E-state index contributed by atoms with van der Waals surface area (Å²) in [6, 6.07) is 21.9. The molecule has 20 nitrogen and oxygen atoms in total. The Balaban J connectivity index is 0.000000155. The molecule has 364 valence electrons. The fourth-order valence-corrected chi connectivity index (χ4v) is 8.37. The average Bonchev–Trinajstić information content (AvgIpc) is 4.15. The minimum atomic E-state index is -0.399. The van der Waals surface area contributed by atoms with Gasteiger partial charge in [0.2, 0.25) is 0 Å². The van der Waals surface area contributed by atoms with Crippen LogP contribution in [0.4, 0.5) is 17.2 Å². The summed E-state index contributed by atoms with van der Waals surface area (Å²) in [4.78, 5) is 39.0. The third-order valence-electron chi connectivity index (χ3n) is 11.4. The number of nitrogens with one attached hydrogen (secondary N) is 1. The minimum Gasteiger partial charge on any atom is -0.493 e. The van der Waals surface area contributed by atoms with Gasteiger partial charge in [0.1, 0.15) is 59.5 Å². The van der Waals surface area contributed by atoms with Gasteiger partial charge in [-0.05, 0) is 60.7 Å². The molecule has 6 aromatic rings. The highest BCUT2D eigenvalue weighted by Gasteiger charge is 2.51. The van der Waals surface area contributed by atoms with E-state index in [0.29, 0.717) is 77.6 Å². The van der Waals surface area contributed by atoms with Crippen molar-refractivity contribution in [3.63, 3.8) is 0 Å². The molecule has 0 spiro atoms. The second kappa shape index (κ2) is 22.0. The normalized spacial score (nSPS) is 23.0. The first-order valence-corrected chi connectivity index (χ1v) is 22.1. The highest BCUT2D eigenvalue weighted by molar-refractivity contribution is 6.34. The Bertz CT molecular complexity index is 2740. The summed E-state index contributed by atoms with van der Waals surface area (Å²) in [7, 11) is 6.32. The Labute approximate surface area is 401 Å². The van der Waals surface area contributed by atoms with Crippen LogP contribution in [0, 0.1) is 0 Å². The van der Waals surface area contributed by atoms with Gasteiger partial charge in [-0.15, -0.1) is 0 Å². The van der Waals surface area contributed by atoms with E-state index in [1.165, 1.54) is 26.5 Å². The molecule has 0 amide bonds. The lowest BCUT2D eigenvalue weighted by molar-refractivity contribution is -0.151. The molecule has 0 saturated carbocycles. The van der Waals surface area contributed by atoms with Crippen molar-refractivity contribution < 1.29 is 66.4 Å². The summed E-state index contributed by atoms with van der Waals surface area (Å²) < 4.78 is 66.4. The summed E-state index contributed by atoms with van der Waals surface area (Å²) in [5, 5.41) is 5.27. The van der Waals surface area contributed by atoms with E-state index < -0.39 is 6.10 Å². The second-order valence-electron chi connectivity index (χ2n) is 15.9. The molecule has 10 rings (SSSR count). The predicted molar refractivity (Wildman–Crippen MR) is 250 cm³/mol. The molecule has 4 aromatic carbocycles. The molecule has 3 N–H and O–H groups in total. The monoisotopic (exact) mass is 970 g/mol. The number of ether oxygens (including phenoxy) is 12. The number of benzene rings is 4. The molecule has 2 unspecified atom stereocenters. The van der Waals surface area contributed by atoms with Crippen LogP contribution in [0.15, 0.2) is 85.5 Å². The quantitative estimate of drug-likeness (QED) is 0.0823. The molecule has 4 saturated heterocycles. The third kappa shape index (κ3) is 11.3. The van der Waals surface area contributed by atoms with E-state index >= 15 is 0 Å². The van der Waals surface area contributed by atoms with Gasteiger partial charge in [-0.1, -0.05) is 11.6 Å². The molecular weight excluding hydrogens is 920 g/mol. The zero-order valence-corrected chi connectivity index (χ0v) is 39.2. The van der Waals surface area contributed by atoms with Crippen LogP contribution in [0.5, 0.6) is 34.5 Å². The minimum absolute atomic E-state index is 0.204. The second-order valence-corrected chi connectivity index (χ2v) is 16.2. The SMILES string of the molecule is CC(=O)O[C@H]1CO[C@@H]2C(Oc3ccc(N)cc3)CO[C@H]12.COc1cc2ncnc(Cl)c2cc1OC.COc1cc2ncnc(Nc3ccc(OC4CO[C@@H]5[C@@H](OC(C)=O)CO[C@H]45)cc3)c2cc1OC. The van der Waals surface area contributed by atoms with Gasteiger partial charge in [0.15, 0.2) is 47.4 Å². The smallest absolute Gasteiger partial charge is 0.303 e. The molecule has 4 aliphatic rings. The van der Waals surface area contributed by atoms with Gasteiger partial charge < -0.3 is 67.9 Å². The number of rotatable bonds is 12. The molecule has 0 aliphatic carbocycles. The molecule has 4 aliphatic heterocycles. The molecule has 0 radical (unpaired) electrons. The molecule has 21 heteroatoms. The van der Waals surface area contributed by atoms with Crippen LogP contribution < -0.4 is 39.5 Å². The van der Waals surface area contributed by atoms with E-state index in [2.05, 4.69) is 25.3 Å². The molecular formula is C48H51ClN6O14. The number of aromatic nitrogens is 4. The molecule has 6 heterocycles. The summed E-state index contributed by atoms with van der Waals surface area (Å²) >= 11 is 5.93. The van der Waals surface area contributed by atoms with Gasteiger partial charge in [-0.25, -0.2) is 19.9 Å². The summed E-state index contributed by atoms with van der Waals surface area (Å²) in [6.45, 7) is 4.19. The Morgan fingerprint density at radius 3 is 1.45 bits per heavy atom. The largest absolute Gasteiger partial charge is 0.493 e. The Kier molecular flexibility index (Phi) is 15.4. The first-order chi connectivity index (χ1) is 33.4. The number of hydrogen-bond donors (Lipinski definition) is 2. The Morgan fingerprint density at radius 2 is 0.971 bits per heavy atom. The van der Waals surface area contributed by atoms with E-state index in [9.17, 15) is 9.59 Å². The number of halogens is 1. The van der Waals surface area contributed by atoms with Gasteiger partial charge in [0.05, 0.1) is 65.9 Å². The van der Waals surface area contributed by atoms with Gasteiger partial charge in [-0.2, -0.15) is 0 Å². The van der Waals surface area contributed by atoms with Crippen LogP contribution in [-0.4, -0.2) is 136 Å². The Morgan fingerprint density at radius 1 is 0.565 bits per heavy atom. The number of esters is 2. The van der Waals surface area contributed by atoms with Gasteiger partial charge >= 0.3 is 11.9 Å². The fourth-order valence-electron chi connectivity index (χ4n) is 8.17. The number of nitrogen functional groups attached to an aromatic ring is 1. The molecule has 0 bridgehead atoms. The fraction of sp³-hybridized carbons (Fsp3) is 0.375. The lowest BCUT2D eigenvalue weighted by atomic mass is 10.1. The number of methoxy groups -OCH3 is 4. The Hall–Kier alpha value is -6.97. The van der Waals surface area contributed by atoms with Gasteiger partial charge in [0, 0.05) is 48.1 Å². The van der Waals surface area contributed by atoms with Gasteiger partial charge in [0.25, 0.3) is 0 Å². The van der Waals surface area contributed by atoms with E-state index in [1.807, 2.05) is 36.4 Å². The molecule has 69 heavy (non-hydrogen) atoms. The van der Waals surface area contributed by atoms with Crippen LogP contribution >= 0.6 is 11.6 Å². The van der Waals surface area contributed by atoms with Crippen molar-refractivity contribution >= 4 is 62.5 Å². The lowest BCUT2D eigenvalue weighted by Gasteiger charge is -2.18. The molecule has 8 atom stereocenters. The maximum Gasteiger partial charge on any atom is 0.303 e. The van der Waals surface area contributed by atoms with Crippen LogP contribution in [0.2, 0.25) is 5.15 Å². The van der Waals surface area contributed by atoms with Crippen LogP contribution in [0.1, 0.15) is 13.8 Å². The number of anilines is 3. The first kappa shape index (κ1) is 48.5. The summed E-state index contributed by atoms with van der Waals surface area (Å²) in [5.74, 6) is 3.80. The van der Waals surface area contributed by atoms with Crippen LogP contribution in [-0.2, 0) is 38.0 Å². The highest BCUT2D eigenvalue weighted by Crippen LogP contribution is 2.37. The van der Waals surface area contributed by atoms with Crippen molar-refractivity contribution in [1.29, 1.82) is 0 Å². The van der Waals surface area contributed by atoms with Crippen molar-refractivity contribution in [1.82, 2.24) is 19.9 Å². The predicted octanol–water partition coefficient (Wildman–Crippen LogP) is 5.91. The highest BCUT2D eigenvalue weighted by atomic mass is 35.5. The summed E-state index contributed by atoms with van der Waals surface area (Å²) in [5.41, 5.74) is 8.61. The maximum atomic E-state index is 11.3. The van der Waals surface area contributed by atoms with E-state index in [-0.39, 0.29) is 54.7 Å². The van der Waals surface area contributed by atoms with Crippen molar-refractivity contribution in [2.24, 2.45) is 0 Å². The average molecular weight is 971 g/mol. The first-order valence-electron chi connectivity index (χ1n) is 21.7. The number of hydrogen-bond acceptors (Lipinski definition) is 20. The van der Waals surface area contributed by atoms with Crippen molar-refractivity contribution in [3.05, 3.63) is 90.6 Å². The lowest BCUT2D eigenvalue weighted by Crippen LogP contribution is -2.36.